The minimum Gasteiger partial charge on any atom is -0.504 e. The number of anilines is 1. The highest BCUT2D eigenvalue weighted by Crippen LogP contribution is 2.34. The minimum atomic E-state index is 0.186. The van der Waals surface area contributed by atoms with Gasteiger partial charge in [0.25, 0.3) is 0 Å². The minimum absolute atomic E-state index is 0.186. The third-order valence-electron chi connectivity index (χ3n) is 3.07. The Morgan fingerprint density at radius 1 is 1.29 bits per heavy atom. The Kier molecular flexibility index (Phi) is 3.92. The zero-order valence-electron chi connectivity index (χ0n) is 9.77. The van der Waals surface area contributed by atoms with Crippen LogP contribution in [0.1, 0.15) is 0 Å². The highest BCUT2D eigenvalue weighted by Gasteiger charge is 2.19. The van der Waals surface area contributed by atoms with E-state index in [2.05, 4.69) is 16.4 Å². The maximum atomic E-state index is 9.92. The molecule has 0 saturated carbocycles. The smallest absolute Gasteiger partial charge is 0.157 e. The van der Waals surface area contributed by atoms with Crippen molar-refractivity contribution < 1.29 is 5.11 Å². The van der Waals surface area contributed by atoms with Crippen molar-refractivity contribution in [3.05, 3.63) is 35.9 Å². The highest BCUT2D eigenvalue weighted by molar-refractivity contribution is 6.32. The SMILES string of the molecule is C=CCN1CCN(c2cccc(Cl)c2O)CC1. The predicted molar refractivity (Wildman–Crippen MR) is 72.0 cm³/mol. The van der Waals surface area contributed by atoms with Crippen molar-refractivity contribution in [3.8, 4) is 5.75 Å². The normalized spacial score (nSPS) is 17.1. The third kappa shape index (κ3) is 2.73. The molecule has 0 radical (unpaired) electrons. The first kappa shape index (κ1) is 12.3. The molecule has 1 aliphatic rings. The van der Waals surface area contributed by atoms with Gasteiger partial charge in [-0.05, 0) is 12.1 Å². The molecule has 3 nitrogen and oxygen atoms in total. The lowest BCUT2D eigenvalue weighted by atomic mass is 10.2. The van der Waals surface area contributed by atoms with Crippen molar-refractivity contribution in [1.82, 2.24) is 4.90 Å². The van der Waals surface area contributed by atoms with Gasteiger partial charge in [0.05, 0.1) is 10.7 Å². The first-order valence-corrected chi connectivity index (χ1v) is 6.16. The molecule has 0 aliphatic carbocycles. The summed E-state index contributed by atoms with van der Waals surface area (Å²) in [6.07, 6.45) is 1.92. The van der Waals surface area contributed by atoms with E-state index in [1.165, 1.54) is 0 Å². The Bertz CT molecular complexity index is 400. The summed E-state index contributed by atoms with van der Waals surface area (Å²) in [5.74, 6) is 0.186. The van der Waals surface area contributed by atoms with Crippen LogP contribution < -0.4 is 4.90 Å². The molecular weight excluding hydrogens is 236 g/mol. The van der Waals surface area contributed by atoms with Crippen LogP contribution in [0, 0.1) is 0 Å². The third-order valence-corrected chi connectivity index (χ3v) is 3.37. The van der Waals surface area contributed by atoms with E-state index >= 15 is 0 Å². The predicted octanol–water partition coefficient (Wildman–Crippen LogP) is 2.35. The molecule has 17 heavy (non-hydrogen) atoms. The number of piperazine rings is 1. The number of phenols is 1. The van der Waals surface area contributed by atoms with Crippen molar-refractivity contribution in [2.75, 3.05) is 37.6 Å². The fourth-order valence-corrected chi connectivity index (χ4v) is 2.28. The second-order valence-electron chi connectivity index (χ2n) is 4.18. The summed E-state index contributed by atoms with van der Waals surface area (Å²) >= 11 is 5.91. The highest BCUT2D eigenvalue weighted by atomic mass is 35.5. The molecule has 1 heterocycles. The van der Waals surface area contributed by atoms with E-state index in [1.54, 1.807) is 6.07 Å². The molecule has 0 atom stereocenters. The van der Waals surface area contributed by atoms with Gasteiger partial charge in [0.2, 0.25) is 0 Å². The van der Waals surface area contributed by atoms with Crippen molar-refractivity contribution in [2.45, 2.75) is 0 Å². The molecule has 0 aromatic heterocycles. The maximum absolute atomic E-state index is 9.92. The second-order valence-corrected chi connectivity index (χ2v) is 4.59. The van der Waals surface area contributed by atoms with Crippen LogP contribution in [-0.4, -0.2) is 42.7 Å². The standard InChI is InChI=1S/C13H17ClN2O/c1-2-6-15-7-9-16(10-8-15)12-5-3-4-11(14)13(12)17/h2-5,17H,1,6-10H2. The molecule has 0 amide bonds. The van der Waals surface area contributed by atoms with Gasteiger partial charge in [-0.25, -0.2) is 0 Å². The zero-order chi connectivity index (χ0) is 12.3. The van der Waals surface area contributed by atoms with Crippen LogP contribution in [0.2, 0.25) is 5.02 Å². The molecule has 1 saturated heterocycles. The van der Waals surface area contributed by atoms with E-state index in [0.29, 0.717) is 5.02 Å². The van der Waals surface area contributed by atoms with Gasteiger partial charge in [-0.15, -0.1) is 6.58 Å². The van der Waals surface area contributed by atoms with Gasteiger partial charge in [-0.2, -0.15) is 0 Å². The van der Waals surface area contributed by atoms with E-state index in [4.69, 9.17) is 11.6 Å². The first-order valence-electron chi connectivity index (χ1n) is 5.78. The molecular formula is C13H17ClN2O. The Balaban J connectivity index is 2.05. The lowest BCUT2D eigenvalue weighted by Gasteiger charge is -2.35. The van der Waals surface area contributed by atoms with Gasteiger partial charge in [0.15, 0.2) is 5.75 Å². The van der Waals surface area contributed by atoms with Crippen LogP contribution in [0.4, 0.5) is 5.69 Å². The Hall–Kier alpha value is -1.19. The van der Waals surface area contributed by atoms with Gasteiger partial charge < -0.3 is 10.0 Å². The average molecular weight is 253 g/mol. The largest absolute Gasteiger partial charge is 0.504 e. The number of benzene rings is 1. The van der Waals surface area contributed by atoms with Gasteiger partial charge in [-0.3, -0.25) is 4.90 Å². The maximum Gasteiger partial charge on any atom is 0.157 e. The summed E-state index contributed by atoms with van der Waals surface area (Å²) < 4.78 is 0. The van der Waals surface area contributed by atoms with Crippen molar-refractivity contribution in [2.24, 2.45) is 0 Å². The molecule has 2 rings (SSSR count). The van der Waals surface area contributed by atoms with E-state index in [-0.39, 0.29) is 5.75 Å². The number of rotatable bonds is 3. The molecule has 0 unspecified atom stereocenters. The summed E-state index contributed by atoms with van der Waals surface area (Å²) in [5, 5.41) is 10.3. The monoisotopic (exact) mass is 252 g/mol. The molecule has 1 aromatic carbocycles. The first-order chi connectivity index (χ1) is 8.22. The number of para-hydroxylation sites is 1. The van der Waals surface area contributed by atoms with Gasteiger partial charge in [0, 0.05) is 32.7 Å². The number of hydrogen-bond acceptors (Lipinski definition) is 3. The number of hydrogen-bond donors (Lipinski definition) is 1. The van der Waals surface area contributed by atoms with Crippen LogP contribution >= 0.6 is 11.6 Å². The molecule has 4 heteroatoms. The van der Waals surface area contributed by atoms with E-state index in [0.717, 1.165) is 38.4 Å². The van der Waals surface area contributed by atoms with E-state index < -0.39 is 0 Å². The van der Waals surface area contributed by atoms with E-state index in [1.807, 2.05) is 18.2 Å². The average Bonchev–Trinajstić information content (AvgIpc) is 2.34. The quantitative estimate of drug-likeness (QED) is 0.837. The Morgan fingerprint density at radius 3 is 2.65 bits per heavy atom. The Morgan fingerprint density at radius 2 is 2.00 bits per heavy atom. The van der Waals surface area contributed by atoms with E-state index in [9.17, 15) is 5.11 Å². The summed E-state index contributed by atoms with van der Waals surface area (Å²) in [4.78, 5) is 4.51. The fourth-order valence-electron chi connectivity index (χ4n) is 2.11. The number of halogens is 1. The van der Waals surface area contributed by atoms with Crippen LogP contribution in [0.15, 0.2) is 30.9 Å². The molecule has 1 aliphatic heterocycles. The molecule has 1 N–H and O–H groups in total. The van der Waals surface area contributed by atoms with Crippen LogP contribution in [0.3, 0.4) is 0 Å². The second kappa shape index (κ2) is 5.43. The number of phenolic OH excluding ortho intramolecular Hbond substituents is 1. The molecule has 0 spiro atoms. The van der Waals surface area contributed by atoms with Gasteiger partial charge in [0.1, 0.15) is 0 Å². The Labute approximate surface area is 107 Å². The molecule has 0 bridgehead atoms. The van der Waals surface area contributed by atoms with Crippen LogP contribution in [-0.2, 0) is 0 Å². The number of aromatic hydroxyl groups is 1. The van der Waals surface area contributed by atoms with Crippen LogP contribution in [0.5, 0.6) is 5.75 Å². The topological polar surface area (TPSA) is 26.7 Å². The summed E-state index contributed by atoms with van der Waals surface area (Å²) in [6.45, 7) is 8.45. The lowest BCUT2D eigenvalue weighted by Crippen LogP contribution is -2.46. The molecule has 1 aromatic rings. The molecule has 1 fully saturated rings. The van der Waals surface area contributed by atoms with Crippen molar-refractivity contribution >= 4 is 17.3 Å². The van der Waals surface area contributed by atoms with Crippen LogP contribution in [0.25, 0.3) is 0 Å². The van der Waals surface area contributed by atoms with Gasteiger partial charge in [-0.1, -0.05) is 23.7 Å². The number of nitrogens with zero attached hydrogens (tertiary/aromatic N) is 2. The summed E-state index contributed by atoms with van der Waals surface area (Å²) in [6, 6.07) is 5.48. The summed E-state index contributed by atoms with van der Waals surface area (Å²) in [7, 11) is 0. The lowest BCUT2D eigenvalue weighted by molar-refractivity contribution is 0.283. The van der Waals surface area contributed by atoms with Gasteiger partial charge >= 0.3 is 0 Å². The fraction of sp³-hybridized carbons (Fsp3) is 0.385. The molecule has 92 valence electrons. The summed E-state index contributed by atoms with van der Waals surface area (Å²) in [5.41, 5.74) is 0.829. The van der Waals surface area contributed by atoms with Crippen molar-refractivity contribution in [1.29, 1.82) is 0 Å². The van der Waals surface area contributed by atoms with Crippen molar-refractivity contribution in [3.63, 3.8) is 0 Å². The zero-order valence-corrected chi connectivity index (χ0v) is 10.5.